The topological polar surface area (TPSA) is 149 Å². The molecule has 0 aliphatic rings. The van der Waals surface area contributed by atoms with Crippen LogP contribution in [0.15, 0.2) is 48.8 Å². The van der Waals surface area contributed by atoms with Crippen molar-refractivity contribution in [2.45, 2.75) is 41.2 Å². The Kier molecular flexibility index (Phi) is 9.66. The summed E-state index contributed by atoms with van der Waals surface area (Å²) in [5.74, 6) is 0.239. The fraction of sp³-hybridized carbons (Fsp3) is 0.261. The Morgan fingerprint density at radius 3 is 2.24 bits per heavy atom. The number of nitrogen functional groups attached to an aromatic ring is 1. The summed E-state index contributed by atoms with van der Waals surface area (Å²) in [5.41, 5.74) is 8.86. The summed E-state index contributed by atoms with van der Waals surface area (Å²) in [4.78, 5) is 28.3. The molecular formula is C23H29BN6O4. The largest absolute Gasteiger partial charge is 0.508 e. The third-order valence-corrected chi connectivity index (χ3v) is 4.37. The molecule has 0 radical (unpaired) electrons. The minimum Gasteiger partial charge on any atom is -0.461 e. The van der Waals surface area contributed by atoms with Crippen LogP contribution < -0.4 is 11.3 Å². The number of imidazole rings is 1. The normalized spacial score (nSPS) is 9.97. The number of ether oxygens (including phenoxy) is 1. The number of rotatable bonds is 5. The van der Waals surface area contributed by atoms with Gasteiger partial charge in [0.1, 0.15) is 17.8 Å². The first kappa shape index (κ1) is 26.4. The summed E-state index contributed by atoms with van der Waals surface area (Å²) >= 11 is 0. The molecule has 1 aromatic carbocycles. The number of fused-ring (bicyclic) bond motifs is 1. The first-order chi connectivity index (χ1) is 16.4. The van der Waals surface area contributed by atoms with E-state index in [0.29, 0.717) is 28.4 Å². The van der Waals surface area contributed by atoms with Crippen LogP contribution in [0.5, 0.6) is 0 Å². The summed E-state index contributed by atoms with van der Waals surface area (Å²) < 4.78 is 6.72. The fourth-order valence-corrected chi connectivity index (χ4v) is 2.97. The van der Waals surface area contributed by atoms with Crippen molar-refractivity contribution < 1.29 is 19.6 Å². The molecule has 0 amide bonds. The quantitative estimate of drug-likeness (QED) is 0.299. The summed E-state index contributed by atoms with van der Waals surface area (Å²) in [6, 6.07) is 10.3. The van der Waals surface area contributed by atoms with Crippen LogP contribution in [0.2, 0.25) is 0 Å². The van der Waals surface area contributed by atoms with Gasteiger partial charge in [0.05, 0.1) is 5.59 Å². The van der Waals surface area contributed by atoms with Crippen molar-refractivity contribution in [1.29, 1.82) is 0 Å². The molecule has 0 bridgehead atoms. The Morgan fingerprint density at radius 2 is 1.65 bits per heavy atom. The Morgan fingerprint density at radius 1 is 1.00 bits per heavy atom. The zero-order valence-electron chi connectivity index (χ0n) is 19.9. The lowest BCUT2D eigenvalue weighted by Crippen LogP contribution is -2.32. The van der Waals surface area contributed by atoms with Gasteiger partial charge in [-0.1, -0.05) is 39.8 Å². The van der Waals surface area contributed by atoms with E-state index >= 15 is 0 Å². The van der Waals surface area contributed by atoms with E-state index in [-0.39, 0.29) is 24.0 Å². The Bertz CT molecular complexity index is 1230. The minimum atomic E-state index is -1.73. The number of carbonyl (C=O) groups is 1. The average Bonchev–Trinajstić information content (AvgIpc) is 3.24. The standard InChI is InChI=1S/C19H17BN6O4.2C2H6/c1-11(27)30-10-12-2-4-13(5-3-12)26-18-14(6-7-15(25-18)20(28)29)24-19(26)16-17(21)23-9-8-22-16;2*1-2/h2-9,28-29H,10H2,1H3,(H2,21,23);2*1-2H3. The second-order valence-corrected chi connectivity index (χ2v) is 6.46. The van der Waals surface area contributed by atoms with Crippen LogP contribution in [-0.4, -0.2) is 47.6 Å². The van der Waals surface area contributed by atoms with Crippen LogP contribution in [-0.2, 0) is 16.1 Å². The Balaban J connectivity index is 0.000000970. The predicted molar refractivity (Wildman–Crippen MR) is 132 cm³/mol. The van der Waals surface area contributed by atoms with E-state index in [1.165, 1.54) is 25.4 Å². The highest BCUT2D eigenvalue weighted by Crippen LogP contribution is 2.28. The molecule has 0 atom stereocenters. The molecule has 0 aliphatic carbocycles. The highest BCUT2D eigenvalue weighted by atomic mass is 16.5. The second-order valence-electron chi connectivity index (χ2n) is 6.46. The number of carbonyl (C=O) groups excluding carboxylic acids is 1. The molecule has 10 nitrogen and oxygen atoms in total. The third-order valence-electron chi connectivity index (χ3n) is 4.37. The van der Waals surface area contributed by atoms with Crippen molar-refractivity contribution in [2.75, 3.05) is 5.73 Å². The number of benzene rings is 1. The lowest BCUT2D eigenvalue weighted by molar-refractivity contribution is -0.142. The fourth-order valence-electron chi connectivity index (χ4n) is 2.97. The van der Waals surface area contributed by atoms with Crippen molar-refractivity contribution in [3.8, 4) is 17.2 Å². The van der Waals surface area contributed by atoms with Gasteiger partial charge in [0.15, 0.2) is 17.3 Å². The molecule has 3 heterocycles. The second kappa shape index (κ2) is 12.4. The van der Waals surface area contributed by atoms with Gasteiger partial charge in [-0.3, -0.25) is 9.36 Å². The number of pyridine rings is 1. The van der Waals surface area contributed by atoms with Gasteiger partial charge in [-0.25, -0.2) is 19.9 Å². The van der Waals surface area contributed by atoms with Gasteiger partial charge in [0, 0.05) is 25.0 Å². The first-order valence-electron chi connectivity index (χ1n) is 11.0. The number of esters is 1. The molecule has 0 unspecified atom stereocenters. The smallest absolute Gasteiger partial charge is 0.461 e. The van der Waals surface area contributed by atoms with Crippen LogP contribution >= 0.6 is 0 Å². The molecule has 4 aromatic rings. The van der Waals surface area contributed by atoms with E-state index in [2.05, 4.69) is 19.9 Å². The molecule has 0 fully saturated rings. The summed E-state index contributed by atoms with van der Waals surface area (Å²) in [6.45, 7) is 9.51. The van der Waals surface area contributed by atoms with Gasteiger partial charge in [-0.15, -0.1) is 0 Å². The monoisotopic (exact) mass is 464 g/mol. The zero-order chi connectivity index (χ0) is 25.3. The van der Waals surface area contributed by atoms with Crippen LogP contribution in [0, 0.1) is 0 Å². The number of hydrogen-bond donors (Lipinski definition) is 3. The van der Waals surface area contributed by atoms with Crippen molar-refractivity contribution in [1.82, 2.24) is 24.5 Å². The van der Waals surface area contributed by atoms with E-state index in [4.69, 9.17) is 10.5 Å². The first-order valence-corrected chi connectivity index (χ1v) is 11.0. The van der Waals surface area contributed by atoms with E-state index in [1.54, 1.807) is 34.9 Å². The SMILES string of the molecule is CC.CC.CC(=O)OCc1ccc(-n2c(-c3nccnc3N)nc3ccc(B(O)O)nc32)cc1. The van der Waals surface area contributed by atoms with Crippen molar-refractivity contribution >= 4 is 35.7 Å². The Labute approximate surface area is 198 Å². The lowest BCUT2D eigenvalue weighted by atomic mass is 9.86. The van der Waals surface area contributed by atoms with Gasteiger partial charge in [-0.2, -0.15) is 0 Å². The van der Waals surface area contributed by atoms with Crippen LogP contribution in [0.1, 0.15) is 40.2 Å². The zero-order valence-corrected chi connectivity index (χ0v) is 19.9. The lowest BCUT2D eigenvalue weighted by Gasteiger charge is -2.11. The molecule has 4 N–H and O–H groups in total. The molecule has 34 heavy (non-hydrogen) atoms. The van der Waals surface area contributed by atoms with E-state index in [9.17, 15) is 14.8 Å². The third kappa shape index (κ3) is 5.94. The maximum absolute atomic E-state index is 11.0. The number of nitrogens with two attached hydrogens (primary N) is 1. The number of aromatic nitrogens is 5. The molecular weight excluding hydrogens is 435 g/mol. The highest BCUT2D eigenvalue weighted by molar-refractivity contribution is 6.57. The summed E-state index contributed by atoms with van der Waals surface area (Å²) in [6.07, 6.45) is 2.99. The minimum absolute atomic E-state index is 0.0776. The van der Waals surface area contributed by atoms with Crippen LogP contribution in [0.4, 0.5) is 5.82 Å². The Hall–Kier alpha value is -3.83. The van der Waals surface area contributed by atoms with E-state index in [1.807, 2.05) is 27.7 Å². The molecule has 178 valence electrons. The highest BCUT2D eigenvalue weighted by Gasteiger charge is 2.21. The maximum atomic E-state index is 11.0. The molecule has 0 spiro atoms. The van der Waals surface area contributed by atoms with E-state index in [0.717, 1.165) is 5.56 Å². The molecule has 3 aromatic heterocycles. The van der Waals surface area contributed by atoms with Gasteiger partial charge in [0.2, 0.25) is 0 Å². The summed E-state index contributed by atoms with van der Waals surface area (Å²) in [7, 11) is -1.73. The average molecular weight is 464 g/mol. The van der Waals surface area contributed by atoms with Gasteiger partial charge in [-0.05, 0) is 29.8 Å². The van der Waals surface area contributed by atoms with Gasteiger partial charge in [0.25, 0.3) is 0 Å². The van der Waals surface area contributed by atoms with Gasteiger partial charge < -0.3 is 20.5 Å². The molecule has 0 saturated carbocycles. The van der Waals surface area contributed by atoms with Crippen molar-refractivity contribution in [3.05, 3.63) is 54.4 Å². The van der Waals surface area contributed by atoms with Gasteiger partial charge >= 0.3 is 13.1 Å². The van der Waals surface area contributed by atoms with Crippen molar-refractivity contribution in [3.63, 3.8) is 0 Å². The van der Waals surface area contributed by atoms with Crippen LogP contribution in [0.25, 0.3) is 28.4 Å². The predicted octanol–water partition coefficient (Wildman–Crippen LogP) is 2.25. The number of anilines is 1. The summed E-state index contributed by atoms with van der Waals surface area (Å²) in [5, 5.41) is 19.1. The molecule has 11 heteroatoms. The number of nitrogens with zero attached hydrogens (tertiary/aromatic N) is 5. The van der Waals surface area contributed by atoms with E-state index < -0.39 is 7.12 Å². The number of hydrogen-bond acceptors (Lipinski definition) is 9. The molecule has 4 rings (SSSR count). The molecule has 0 saturated heterocycles. The van der Waals surface area contributed by atoms with Crippen LogP contribution in [0.3, 0.4) is 0 Å². The molecule has 0 aliphatic heterocycles. The maximum Gasteiger partial charge on any atom is 0.508 e. The van der Waals surface area contributed by atoms with Crippen molar-refractivity contribution in [2.24, 2.45) is 0 Å².